The van der Waals surface area contributed by atoms with Gasteiger partial charge >= 0.3 is 5.91 Å². The molecule has 0 spiro atoms. The van der Waals surface area contributed by atoms with Gasteiger partial charge in [-0.3, -0.25) is 14.5 Å². The molecule has 0 saturated carbocycles. The summed E-state index contributed by atoms with van der Waals surface area (Å²) in [6.45, 7) is 1.93. The van der Waals surface area contributed by atoms with Crippen molar-refractivity contribution in [3.63, 3.8) is 0 Å². The number of ketones is 1. The molecule has 1 saturated heterocycles. The normalized spacial score (nSPS) is 18.3. The van der Waals surface area contributed by atoms with Gasteiger partial charge in [-0.25, -0.2) is 0 Å². The highest BCUT2D eigenvalue weighted by atomic mass is 32.1. The third-order valence-corrected chi connectivity index (χ3v) is 5.44. The van der Waals surface area contributed by atoms with Crippen LogP contribution in [-0.2, 0) is 9.59 Å². The number of amides is 1. The fraction of sp³-hybridized carbons (Fsp3) is 0.143. The molecule has 2 aromatic carbocycles. The number of carbonyl (C=O) groups is 2. The number of anilines is 1. The molecule has 1 aromatic heterocycles. The Balaban J connectivity index is 1.91. The molecule has 146 valence electrons. The third kappa shape index (κ3) is 3.27. The number of rotatable bonds is 4. The van der Waals surface area contributed by atoms with Gasteiger partial charge in [-0.2, -0.15) is 0 Å². The summed E-state index contributed by atoms with van der Waals surface area (Å²) < 4.78 is 5.20. The van der Waals surface area contributed by atoms with Crippen LogP contribution in [0.15, 0.2) is 59.6 Å². The van der Waals surface area contributed by atoms with E-state index in [4.69, 9.17) is 4.74 Å². The summed E-state index contributed by atoms with van der Waals surface area (Å²) in [7, 11) is 1.56. The van der Waals surface area contributed by atoms with Crippen LogP contribution >= 0.6 is 11.3 Å². The first-order chi connectivity index (χ1) is 14.0. The van der Waals surface area contributed by atoms with E-state index >= 15 is 0 Å². The number of hydrogen-bond acceptors (Lipinski definition) is 7. The van der Waals surface area contributed by atoms with E-state index in [-0.39, 0.29) is 16.5 Å². The molecule has 1 aliphatic rings. The van der Waals surface area contributed by atoms with Crippen LogP contribution in [0.3, 0.4) is 0 Å². The molecule has 0 bridgehead atoms. The molecule has 4 rings (SSSR count). The lowest BCUT2D eigenvalue weighted by molar-refractivity contribution is -0.132. The highest BCUT2D eigenvalue weighted by Crippen LogP contribution is 2.42. The standard InChI is InChI=1S/C21H17N3O4S/c1-12-3-5-14(6-4-12)18(25)16-17(13-7-9-15(28-2)10-8-13)24(20(27)19(16)26)21-23-22-11-29-21/h3-11,17,25H,1-2H3/t17-/m1/s1. The number of methoxy groups -OCH3 is 1. The van der Waals surface area contributed by atoms with Gasteiger partial charge in [-0.05, 0) is 24.6 Å². The van der Waals surface area contributed by atoms with Crippen LogP contribution in [0.25, 0.3) is 5.76 Å². The van der Waals surface area contributed by atoms with Crippen molar-refractivity contribution in [1.82, 2.24) is 10.2 Å². The zero-order valence-electron chi connectivity index (χ0n) is 15.7. The van der Waals surface area contributed by atoms with Crippen LogP contribution in [0.5, 0.6) is 5.75 Å². The smallest absolute Gasteiger partial charge is 0.301 e. The van der Waals surface area contributed by atoms with Gasteiger partial charge in [0.1, 0.15) is 17.0 Å². The van der Waals surface area contributed by atoms with Gasteiger partial charge in [0.2, 0.25) is 5.13 Å². The molecule has 3 aromatic rings. The second-order valence-electron chi connectivity index (χ2n) is 6.53. The lowest BCUT2D eigenvalue weighted by Gasteiger charge is -2.22. The molecule has 1 amide bonds. The molecule has 0 aliphatic carbocycles. The number of aromatic nitrogens is 2. The molecule has 1 aliphatic heterocycles. The van der Waals surface area contributed by atoms with E-state index in [1.54, 1.807) is 43.5 Å². The third-order valence-electron chi connectivity index (χ3n) is 4.76. The number of aliphatic hydroxyl groups excluding tert-OH is 1. The Bertz CT molecular complexity index is 1090. The van der Waals surface area contributed by atoms with Crippen molar-refractivity contribution in [2.45, 2.75) is 13.0 Å². The first-order valence-corrected chi connectivity index (χ1v) is 9.67. The molecular weight excluding hydrogens is 390 g/mol. The Morgan fingerprint density at radius 2 is 1.79 bits per heavy atom. The van der Waals surface area contributed by atoms with Gasteiger partial charge in [0, 0.05) is 5.56 Å². The first kappa shape index (κ1) is 18.8. The second-order valence-corrected chi connectivity index (χ2v) is 7.34. The highest BCUT2D eigenvalue weighted by molar-refractivity contribution is 7.13. The summed E-state index contributed by atoms with van der Waals surface area (Å²) in [5, 5.41) is 19.0. The highest BCUT2D eigenvalue weighted by Gasteiger charge is 2.48. The minimum atomic E-state index is -0.824. The van der Waals surface area contributed by atoms with Gasteiger partial charge in [0.15, 0.2) is 0 Å². The zero-order chi connectivity index (χ0) is 20.5. The van der Waals surface area contributed by atoms with Crippen molar-refractivity contribution in [2.75, 3.05) is 12.0 Å². The molecule has 0 radical (unpaired) electrons. The summed E-state index contributed by atoms with van der Waals surface area (Å²) in [6, 6.07) is 13.3. The van der Waals surface area contributed by atoms with Crippen molar-refractivity contribution in [3.05, 3.63) is 76.3 Å². The minimum absolute atomic E-state index is 0.0132. The average molecular weight is 407 g/mol. The van der Waals surface area contributed by atoms with Crippen LogP contribution in [-0.4, -0.2) is 34.1 Å². The van der Waals surface area contributed by atoms with E-state index in [0.717, 1.165) is 16.9 Å². The van der Waals surface area contributed by atoms with Crippen LogP contribution < -0.4 is 9.64 Å². The summed E-state index contributed by atoms with van der Waals surface area (Å²) in [5.74, 6) is -1.10. The Morgan fingerprint density at radius 1 is 1.10 bits per heavy atom. The van der Waals surface area contributed by atoms with E-state index in [1.807, 2.05) is 19.1 Å². The lowest BCUT2D eigenvalue weighted by Crippen LogP contribution is -2.29. The van der Waals surface area contributed by atoms with Crippen LogP contribution in [0.2, 0.25) is 0 Å². The van der Waals surface area contributed by atoms with Crippen molar-refractivity contribution in [2.24, 2.45) is 0 Å². The number of nitrogens with zero attached hydrogens (tertiary/aromatic N) is 3. The van der Waals surface area contributed by atoms with E-state index in [1.165, 1.54) is 10.4 Å². The molecule has 0 unspecified atom stereocenters. The molecule has 8 heteroatoms. The van der Waals surface area contributed by atoms with Crippen molar-refractivity contribution >= 4 is 33.9 Å². The van der Waals surface area contributed by atoms with Crippen molar-refractivity contribution in [3.8, 4) is 5.75 Å². The molecule has 1 atom stereocenters. The van der Waals surface area contributed by atoms with E-state index < -0.39 is 17.7 Å². The van der Waals surface area contributed by atoms with Crippen LogP contribution in [0.1, 0.15) is 22.7 Å². The molecule has 7 nitrogen and oxygen atoms in total. The maximum atomic E-state index is 12.9. The molecular formula is C21H17N3O4S. The number of ether oxygens (including phenoxy) is 1. The van der Waals surface area contributed by atoms with Gasteiger partial charge < -0.3 is 9.84 Å². The van der Waals surface area contributed by atoms with E-state index in [0.29, 0.717) is 16.9 Å². The molecule has 29 heavy (non-hydrogen) atoms. The zero-order valence-corrected chi connectivity index (χ0v) is 16.5. The summed E-state index contributed by atoms with van der Waals surface area (Å²) in [5.41, 5.74) is 3.62. The van der Waals surface area contributed by atoms with Crippen molar-refractivity contribution < 1.29 is 19.4 Å². The van der Waals surface area contributed by atoms with Gasteiger partial charge in [0.05, 0.1) is 18.7 Å². The van der Waals surface area contributed by atoms with Crippen LogP contribution in [0, 0.1) is 6.92 Å². The lowest BCUT2D eigenvalue weighted by atomic mass is 9.95. The average Bonchev–Trinajstić information content (AvgIpc) is 3.35. The monoisotopic (exact) mass is 407 g/mol. The Kier molecular flexibility index (Phi) is 4.85. The van der Waals surface area contributed by atoms with Gasteiger partial charge in [-0.1, -0.05) is 53.3 Å². The first-order valence-electron chi connectivity index (χ1n) is 8.79. The van der Waals surface area contributed by atoms with Crippen molar-refractivity contribution in [1.29, 1.82) is 0 Å². The largest absolute Gasteiger partial charge is 0.507 e. The number of aliphatic hydroxyl groups is 1. The van der Waals surface area contributed by atoms with Gasteiger partial charge in [0.25, 0.3) is 5.78 Å². The Hall–Kier alpha value is -3.52. The number of benzene rings is 2. The minimum Gasteiger partial charge on any atom is -0.507 e. The molecule has 1 fully saturated rings. The fourth-order valence-corrected chi connectivity index (χ4v) is 3.86. The number of Topliss-reactive ketones (excluding diaryl/α,β-unsaturated/α-hetero) is 1. The number of aryl methyl sites for hydroxylation is 1. The van der Waals surface area contributed by atoms with Crippen LogP contribution in [0.4, 0.5) is 5.13 Å². The SMILES string of the molecule is COc1ccc([C@@H]2C(=C(O)c3ccc(C)cc3)C(=O)C(=O)N2c2nncs2)cc1. The predicted molar refractivity (Wildman–Crippen MR) is 109 cm³/mol. The maximum absolute atomic E-state index is 12.9. The summed E-state index contributed by atoms with van der Waals surface area (Å²) in [6.07, 6.45) is 0. The van der Waals surface area contributed by atoms with E-state index in [2.05, 4.69) is 10.2 Å². The second kappa shape index (κ2) is 7.48. The number of carbonyl (C=O) groups excluding carboxylic acids is 2. The predicted octanol–water partition coefficient (Wildman–Crippen LogP) is 3.48. The van der Waals surface area contributed by atoms with Gasteiger partial charge in [-0.15, -0.1) is 10.2 Å². The quantitative estimate of drug-likeness (QED) is 0.404. The molecule has 1 N–H and O–H groups in total. The fourth-order valence-electron chi connectivity index (χ4n) is 3.27. The number of hydrogen-bond donors (Lipinski definition) is 1. The summed E-state index contributed by atoms with van der Waals surface area (Å²) >= 11 is 1.15. The Morgan fingerprint density at radius 3 is 2.38 bits per heavy atom. The summed E-state index contributed by atoms with van der Waals surface area (Å²) in [4.78, 5) is 27.1. The van der Waals surface area contributed by atoms with E-state index in [9.17, 15) is 14.7 Å². The Labute approximate surface area is 170 Å². The maximum Gasteiger partial charge on any atom is 0.301 e. The molecule has 2 heterocycles. The topological polar surface area (TPSA) is 92.6 Å².